The lowest BCUT2D eigenvalue weighted by atomic mass is 9.71. The van der Waals surface area contributed by atoms with Crippen molar-refractivity contribution in [2.45, 2.75) is 45.4 Å². The number of hydrogen-bond acceptors (Lipinski definition) is 1. The van der Waals surface area contributed by atoms with Crippen molar-refractivity contribution in [3.05, 3.63) is 34.1 Å². The van der Waals surface area contributed by atoms with E-state index in [9.17, 15) is 4.39 Å². The summed E-state index contributed by atoms with van der Waals surface area (Å²) in [6.45, 7) is 6.54. The molecule has 1 aromatic carbocycles. The van der Waals surface area contributed by atoms with E-state index in [4.69, 9.17) is 0 Å². The van der Waals surface area contributed by atoms with E-state index in [0.717, 1.165) is 31.5 Å². The van der Waals surface area contributed by atoms with E-state index in [0.29, 0.717) is 22.2 Å². The molecule has 0 amide bonds. The third-order valence-electron chi connectivity index (χ3n) is 4.47. The summed E-state index contributed by atoms with van der Waals surface area (Å²) in [4.78, 5) is 0. The van der Waals surface area contributed by atoms with Crippen molar-refractivity contribution in [3.63, 3.8) is 0 Å². The fourth-order valence-corrected chi connectivity index (χ4v) is 3.72. The maximum atomic E-state index is 14.4. The van der Waals surface area contributed by atoms with Gasteiger partial charge in [0.15, 0.2) is 0 Å². The molecule has 1 nitrogen and oxygen atoms in total. The van der Waals surface area contributed by atoms with Gasteiger partial charge in [-0.1, -0.05) is 32.4 Å². The van der Waals surface area contributed by atoms with Crippen molar-refractivity contribution in [2.24, 2.45) is 11.8 Å². The van der Waals surface area contributed by atoms with Crippen LogP contribution in [0.3, 0.4) is 0 Å². The van der Waals surface area contributed by atoms with Gasteiger partial charge < -0.3 is 5.32 Å². The smallest absolute Gasteiger partial charge is 0.140 e. The quantitative estimate of drug-likeness (QED) is 0.734. The van der Waals surface area contributed by atoms with Gasteiger partial charge in [0.25, 0.3) is 0 Å². The Bertz CT molecular complexity index is 435. The van der Waals surface area contributed by atoms with Crippen LogP contribution in [0.25, 0.3) is 0 Å². The van der Waals surface area contributed by atoms with Crippen molar-refractivity contribution in [2.75, 3.05) is 13.1 Å². The molecule has 112 valence electrons. The van der Waals surface area contributed by atoms with Crippen LogP contribution in [0, 0.1) is 17.7 Å². The third-order valence-corrected chi connectivity index (χ3v) is 5.08. The van der Waals surface area contributed by atoms with Gasteiger partial charge >= 0.3 is 0 Å². The summed E-state index contributed by atoms with van der Waals surface area (Å²) in [5.41, 5.74) is 0.897. The fourth-order valence-electron chi connectivity index (χ4n) is 3.34. The zero-order valence-electron chi connectivity index (χ0n) is 12.5. The molecule has 1 saturated carbocycles. The van der Waals surface area contributed by atoms with Crippen LogP contribution in [0.2, 0.25) is 0 Å². The Balaban J connectivity index is 2.16. The maximum Gasteiger partial charge on any atom is 0.140 e. The average Bonchev–Trinajstić information content (AvgIpc) is 2.44. The van der Waals surface area contributed by atoms with E-state index < -0.39 is 0 Å². The molecule has 3 heteroatoms. The minimum absolute atomic E-state index is 0.0629. The minimum Gasteiger partial charge on any atom is -0.316 e. The molecular formula is C17H25BrFN. The standard InChI is InChI=1S/C17H25BrFN/c1-3-9-20-11-13-8-7-12(2)10-15(13)14-5-4-6-16(18)17(14)19/h4-6,12-13,15,20H,3,7-11H2,1-2H3. The molecule has 1 fully saturated rings. The predicted molar refractivity (Wildman–Crippen MR) is 86.5 cm³/mol. The number of hydrogen-bond donors (Lipinski definition) is 1. The molecule has 20 heavy (non-hydrogen) atoms. The molecule has 1 aliphatic carbocycles. The average molecular weight is 342 g/mol. The first kappa shape index (κ1) is 16.0. The fraction of sp³-hybridized carbons (Fsp3) is 0.647. The minimum atomic E-state index is -0.0629. The Morgan fingerprint density at radius 2 is 2.15 bits per heavy atom. The number of rotatable bonds is 5. The summed E-state index contributed by atoms with van der Waals surface area (Å²) in [5.74, 6) is 1.54. The van der Waals surface area contributed by atoms with Gasteiger partial charge in [-0.2, -0.15) is 0 Å². The summed E-state index contributed by atoms with van der Waals surface area (Å²) in [5, 5.41) is 3.52. The number of halogens is 2. The molecule has 1 aromatic rings. The van der Waals surface area contributed by atoms with Gasteiger partial charge in [0.05, 0.1) is 4.47 Å². The van der Waals surface area contributed by atoms with Crippen molar-refractivity contribution in [3.8, 4) is 0 Å². The van der Waals surface area contributed by atoms with Crippen molar-refractivity contribution in [1.29, 1.82) is 0 Å². The molecule has 3 atom stereocenters. The first-order chi connectivity index (χ1) is 9.63. The summed E-state index contributed by atoms with van der Waals surface area (Å²) in [6, 6.07) is 5.71. The van der Waals surface area contributed by atoms with Crippen molar-refractivity contribution < 1.29 is 4.39 Å². The second-order valence-electron chi connectivity index (χ2n) is 6.13. The zero-order valence-corrected chi connectivity index (χ0v) is 14.0. The molecule has 0 spiro atoms. The van der Waals surface area contributed by atoms with E-state index in [-0.39, 0.29) is 5.82 Å². The van der Waals surface area contributed by atoms with Crippen LogP contribution in [0.15, 0.2) is 22.7 Å². The highest BCUT2D eigenvalue weighted by molar-refractivity contribution is 9.10. The summed E-state index contributed by atoms with van der Waals surface area (Å²) in [6.07, 6.45) is 4.73. The zero-order chi connectivity index (χ0) is 14.5. The largest absolute Gasteiger partial charge is 0.316 e. The van der Waals surface area contributed by atoms with Crippen LogP contribution in [0.4, 0.5) is 4.39 Å². The highest BCUT2D eigenvalue weighted by Gasteiger charge is 2.31. The molecule has 0 bridgehead atoms. The number of nitrogens with one attached hydrogen (secondary N) is 1. The molecule has 3 unspecified atom stereocenters. The topological polar surface area (TPSA) is 12.0 Å². The van der Waals surface area contributed by atoms with E-state index in [1.807, 2.05) is 12.1 Å². The summed E-state index contributed by atoms with van der Waals surface area (Å²) in [7, 11) is 0. The van der Waals surface area contributed by atoms with Crippen LogP contribution in [-0.2, 0) is 0 Å². The SMILES string of the molecule is CCCNCC1CCC(C)CC1c1cccc(Br)c1F. The first-order valence-electron chi connectivity index (χ1n) is 7.78. The molecule has 0 heterocycles. The Kier molecular flexibility index (Phi) is 6.03. The second kappa shape index (κ2) is 7.56. The molecule has 0 aromatic heterocycles. The maximum absolute atomic E-state index is 14.4. The van der Waals surface area contributed by atoms with Crippen molar-refractivity contribution >= 4 is 15.9 Å². The van der Waals surface area contributed by atoms with Gasteiger partial charge in [-0.15, -0.1) is 0 Å². The molecule has 0 aliphatic heterocycles. The van der Waals surface area contributed by atoms with Crippen molar-refractivity contribution in [1.82, 2.24) is 5.32 Å². The predicted octanol–water partition coefficient (Wildman–Crippen LogP) is 5.11. The Labute approximate surface area is 130 Å². The summed E-state index contributed by atoms with van der Waals surface area (Å²) >= 11 is 3.32. The van der Waals surface area contributed by atoms with Gasteiger partial charge in [-0.3, -0.25) is 0 Å². The number of benzene rings is 1. The molecule has 1 N–H and O–H groups in total. The molecule has 1 aliphatic rings. The third kappa shape index (κ3) is 3.82. The normalized spacial score (nSPS) is 26.7. The van der Waals surface area contributed by atoms with Gasteiger partial charge in [0, 0.05) is 0 Å². The lowest BCUT2D eigenvalue weighted by molar-refractivity contribution is 0.238. The van der Waals surface area contributed by atoms with Crippen LogP contribution in [0.5, 0.6) is 0 Å². The van der Waals surface area contributed by atoms with Crippen LogP contribution >= 0.6 is 15.9 Å². The Hall–Kier alpha value is -0.410. The monoisotopic (exact) mass is 341 g/mol. The van der Waals surface area contributed by atoms with E-state index in [1.54, 1.807) is 6.07 Å². The molecular weight excluding hydrogens is 317 g/mol. The first-order valence-corrected chi connectivity index (χ1v) is 8.57. The second-order valence-corrected chi connectivity index (χ2v) is 6.99. The lowest BCUT2D eigenvalue weighted by Gasteiger charge is -2.35. The van der Waals surface area contributed by atoms with E-state index in [2.05, 4.69) is 35.1 Å². The summed E-state index contributed by atoms with van der Waals surface area (Å²) < 4.78 is 15.0. The van der Waals surface area contributed by atoms with Gasteiger partial charge in [-0.25, -0.2) is 4.39 Å². The van der Waals surface area contributed by atoms with Gasteiger partial charge in [0.1, 0.15) is 5.82 Å². The highest BCUT2D eigenvalue weighted by atomic mass is 79.9. The molecule has 2 rings (SSSR count). The Morgan fingerprint density at radius 3 is 2.90 bits per heavy atom. The van der Waals surface area contributed by atoms with Crippen LogP contribution < -0.4 is 5.32 Å². The van der Waals surface area contributed by atoms with Crippen LogP contribution in [0.1, 0.15) is 51.0 Å². The van der Waals surface area contributed by atoms with Gasteiger partial charge in [0.2, 0.25) is 0 Å². The van der Waals surface area contributed by atoms with E-state index >= 15 is 0 Å². The molecule has 0 radical (unpaired) electrons. The lowest BCUT2D eigenvalue weighted by Crippen LogP contribution is -2.32. The molecule has 0 saturated heterocycles. The van der Waals surface area contributed by atoms with Gasteiger partial charge in [-0.05, 0) is 77.7 Å². The Morgan fingerprint density at radius 1 is 1.35 bits per heavy atom. The van der Waals surface area contributed by atoms with E-state index in [1.165, 1.54) is 12.8 Å². The van der Waals surface area contributed by atoms with Crippen LogP contribution in [-0.4, -0.2) is 13.1 Å². The highest BCUT2D eigenvalue weighted by Crippen LogP contribution is 2.42.